The summed E-state index contributed by atoms with van der Waals surface area (Å²) in [4.78, 5) is 14.2. The summed E-state index contributed by atoms with van der Waals surface area (Å²) in [5, 5.41) is 0. The van der Waals surface area contributed by atoms with E-state index in [-0.39, 0.29) is 11.7 Å². The average molecular weight is 270 g/mol. The highest BCUT2D eigenvalue weighted by atomic mass is 32.2. The molecule has 0 saturated heterocycles. The van der Waals surface area contributed by atoms with Gasteiger partial charge in [-0.3, -0.25) is 4.79 Å². The maximum atomic E-state index is 12.3. The number of ether oxygens (including phenoxy) is 1. The second kappa shape index (κ2) is 4.74. The molecule has 1 aliphatic heterocycles. The molecule has 0 amide bonds. The molecule has 0 unspecified atom stereocenters. The molecule has 19 heavy (non-hydrogen) atoms. The summed E-state index contributed by atoms with van der Waals surface area (Å²) in [6.45, 7) is 3.84. The Bertz CT molecular complexity index is 647. The monoisotopic (exact) mass is 270 g/mol. The van der Waals surface area contributed by atoms with Gasteiger partial charge in [0.25, 0.3) is 0 Å². The van der Waals surface area contributed by atoms with Crippen LogP contribution in [-0.2, 0) is 0 Å². The largest absolute Gasteiger partial charge is 0.455 e. The van der Waals surface area contributed by atoms with E-state index in [0.29, 0.717) is 0 Å². The number of fused-ring (bicyclic) bond motifs is 2. The number of benzene rings is 2. The van der Waals surface area contributed by atoms with Crippen LogP contribution >= 0.6 is 11.8 Å². The van der Waals surface area contributed by atoms with E-state index >= 15 is 0 Å². The first-order valence-electron chi connectivity index (χ1n) is 6.29. The number of hydrogen-bond acceptors (Lipinski definition) is 3. The Morgan fingerprint density at radius 1 is 1.05 bits per heavy atom. The maximum absolute atomic E-state index is 12.3. The fraction of sp³-hybridized carbons (Fsp3) is 0.188. The molecule has 0 atom stereocenters. The number of carbonyl (C=O) groups is 1. The number of para-hydroxylation sites is 1. The number of Topliss-reactive ketones (excluding diaryl/α,β-unsaturated/α-hetero) is 1. The molecular weight excluding hydrogens is 256 g/mol. The van der Waals surface area contributed by atoms with Crippen molar-refractivity contribution < 1.29 is 9.53 Å². The van der Waals surface area contributed by atoms with Gasteiger partial charge in [0.05, 0.1) is 9.79 Å². The van der Waals surface area contributed by atoms with Gasteiger partial charge in [0, 0.05) is 11.5 Å². The second-order valence-electron chi connectivity index (χ2n) is 4.80. The number of carbonyl (C=O) groups excluding carboxylic acids is 1. The number of hydrogen-bond donors (Lipinski definition) is 0. The van der Waals surface area contributed by atoms with Gasteiger partial charge in [-0.2, -0.15) is 0 Å². The van der Waals surface area contributed by atoms with Crippen molar-refractivity contribution in [2.24, 2.45) is 5.92 Å². The molecule has 1 heterocycles. The van der Waals surface area contributed by atoms with E-state index in [4.69, 9.17) is 4.74 Å². The molecule has 0 spiro atoms. The van der Waals surface area contributed by atoms with Gasteiger partial charge < -0.3 is 4.74 Å². The minimum Gasteiger partial charge on any atom is -0.455 e. The van der Waals surface area contributed by atoms with E-state index in [2.05, 4.69) is 0 Å². The van der Waals surface area contributed by atoms with E-state index in [9.17, 15) is 4.79 Å². The van der Waals surface area contributed by atoms with E-state index in [1.807, 2.05) is 56.3 Å². The lowest BCUT2D eigenvalue weighted by molar-refractivity contribution is 0.0936. The molecule has 2 aromatic carbocycles. The van der Waals surface area contributed by atoms with Gasteiger partial charge in [0.2, 0.25) is 0 Å². The van der Waals surface area contributed by atoms with E-state index in [1.54, 1.807) is 11.8 Å². The van der Waals surface area contributed by atoms with Gasteiger partial charge in [-0.1, -0.05) is 43.8 Å². The van der Waals surface area contributed by atoms with Crippen molar-refractivity contribution in [2.45, 2.75) is 23.6 Å². The van der Waals surface area contributed by atoms with Gasteiger partial charge in [0.15, 0.2) is 5.78 Å². The highest BCUT2D eigenvalue weighted by Gasteiger charge is 2.24. The third-order valence-electron chi connectivity index (χ3n) is 3.05. The summed E-state index contributed by atoms with van der Waals surface area (Å²) < 4.78 is 5.87. The van der Waals surface area contributed by atoms with Crippen LogP contribution in [-0.4, -0.2) is 5.78 Å². The summed E-state index contributed by atoms with van der Waals surface area (Å²) in [7, 11) is 0. The molecule has 1 aliphatic rings. The van der Waals surface area contributed by atoms with Crippen molar-refractivity contribution in [3.8, 4) is 11.5 Å². The first-order chi connectivity index (χ1) is 9.16. The highest BCUT2D eigenvalue weighted by molar-refractivity contribution is 7.99. The van der Waals surface area contributed by atoms with Crippen molar-refractivity contribution in [1.82, 2.24) is 0 Å². The highest BCUT2D eigenvalue weighted by Crippen LogP contribution is 2.48. The van der Waals surface area contributed by atoms with E-state index < -0.39 is 0 Å². The Kier molecular flexibility index (Phi) is 3.07. The lowest BCUT2D eigenvalue weighted by Crippen LogP contribution is -2.10. The van der Waals surface area contributed by atoms with Crippen LogP contribution in [0.3, 0.4) is 0 Å². The normalized spacial score (nSPS) is 12.6. The molecule has 0 bridgehead atoms. The van der Waals surface area contributed by atoms with Crippen molar-refractivity contribution in [3.63, 3.8) is 0 Å². The molecule has 0 aromatic heterocycles. The van der Waals surface area contributed by atoms with Gasteiger partial charge in [-0.25, -0.2) is 0 Å². The summed E-state index contributed by atoms with van der Waals surface area (Å²) in [5.74, 6) is 1.78. The lowest BCUT2D eigenvalue weighted by atomic mass is 10.0. The van der Waals surface area contributed by atoms with E-state index in [1.165, 1.54) is 0 Å². The fourth-order valence-corrected chi connectivity index (χ4v) is 3.12. The predicted octanol–water partition coefficient (Wildman–Crippen LogP) is 4.78. The quantitative estimate of drug-likeness (QED) is 0.627. The number of ketones is 1. The molecule has 0 saturated carbocycles. The maximum Gasteiger partial charge on any atom is 0.166 e. The molecule has 2 nitrogen and oxygen atoms in total. The smallest absolute Gasteiger partial charge is 0.166 e. The average Bonchev–Trinajstić information content (AvgIpc) is 2.43. The van der Waals surface area contributed by atoms with Crippen LogP contribution < -0.4 is 4.74 Å². The van der Waals surface area contributed by atoms with Crippen LogP contribution in [0.15, 0.2) is 52.3 Å². The van der Waals surface area contributed by atoms with Crippen molar-refractivity contribution >= 4 is 17.5 Å². The Morgan fingerprint density at radius 3 is 2.58 bits per heavy atom. The van der Waals surface area contributed by atoms with Crippen LogP contribution in [0.4, 0.5) is 0 Å². The molecule has 96 valence electrons. The Hall–Kier alpha value is -1.74. The molecule has 0 radical (unpaired) electrons. The zero-order valence-corrected chi connectivity index (χ0v) is 11.7. The zero-order chi connectivity index (χ0) is 13.4. The minimum absolute atomic E-state index is 0.00993. The zero-order valence-electron chi connectivity index (χ0n) is 10.8. The molecule has 3 heteroatoms. The Balaban J connectivity index is 2.09. The van der Waals surface area contributed by atoms with Gasteiger partial charge >= 0.3 is 0 Å². The predicted molar refractivity (Wildman–Crippen MR) is 76.2 cm³/mol. The Morgan fingerprint density at radius 2 is 1.79 bits per heavy atom. The first kappa shape index (κ1) is 12.3. The van der Waals surface area contributed by atoms with Crippen LogP contribution in [0.25, 0.3) is 0 Å². The third kappa shape index (κ3) is 2.15. The molecule has 0 fully saturated rings. The van der Waals surface area contributed by atoms with Crippen molar-refractivity contribution in [2.75, 3.05) is 0 Å². The summed E-state index contributed by atoms with van der Waals surface area (Å²) in [5.41, 5.74) is 0.756. The van der Waals surface area contributed by atoms with Gasteiger partial charge in [-0.05, 0) is 24.3 Å². The summed E-state index contributed by atoms with van der Waals surface area (Å²) >= 11 is 1.61. The summed E-state index contributed by atoms with van der Waals surface area (Å²) in [6.07, 6.45) is 0. The third-order valence-corrected chi connectivity index (χ3v) is 4.23. The van der Waals surface area contributed by atoms with Crippen LogP contribution in [0, 0.1) is 5.92 Å². The fourth-order valence-electron chi connectivity index (χ4n) is 2.05. The molecule has 3 rings (SSSR count). The van der Waals surface area contributed by atoms with Gasteiger partial charge in [-0.15, -0.1) is 0 Å². The minimum atomic E-state index is -0.00993. The second-order valence-corrected chi connectivity index (χ2v) is 5.85. The molecule has 0 aliphatic carbocycles. The molecule has 0 N–H and O–H groups in total. The standard InChI is InChI=1S/C16H14O2S/c1-10(2)15(17)11-6-5-8-13-16(11)19-14-9-4-3-7-12(14)18-13/h3-10H,1-2H3. The van der Waals surface area contributed by atoms with Crippen LogP contribution in [0.5, 0.6) is 11.5 Å². The Labute approximate surface area is 116 Å². The van der Waals surface area contributed by atoms with Crippen LogP contribution in [0.1, 0.15) is 24.2 Å². The SMILES string of the molecule is CC(C)C(=O)c1cccc2c1Sc1ccccc1O2. The molecular formula is C16H14O2S. The molecule has 2 aromatic rings. The van der Waals surface area contributed by atoms with Crippen molar-refractivity contribution in [3.05, 3.63) is 48.0 Å². The first-order valence-corrected chi connectivity index (χ1v) is 7.10. The lowest BCUT2D eigenvalue weighted by Gasteiger charge is -2.21. The van der Waals surface area contributed by atoms with E-state index in [0.717, 1.165) is 26.9 Å². The van der Waals surface area contributed by atoms with Crippen molar-refractivity contribution in [1.29, 1.82) is 0 Å². The number of rotatable bonds is 2. The topological polar surface area (TPSA) is 26.3 Å². The van der Waals surface area contributed by atoms with Crippen LogP contribution in [0.2, 0.25) is 0 Å². The van der Waals surface area contributed by atoms with Gasteiger partial charge in [0.1, 0.15) is 11.5 Å². The summed E-state index contributed by atoms with van der Waals surface area (Å²) in [6, 6.07) is 13.6.